The summed E-state index contributed by atoms with van der Waals surface area (Å²) in [4.78, 5) is 14.6. The molecule has 0 fully saturated rings. The summed E-state index contributed by atoms with van der Waals surface area (Å²) < 4.78 is 8.06. The van der Waals surface area contributed by atoms with Crippen LogP contribution in [0.5, 0.6) is 5.75 Å². The maximum absolute atomic E-state index is 12.3. The molecule has 2 heterocycles. The van der Waals surface area contributed by atoms with Gasteiger partial charge in [-0.2, -0.15) is 5.10 Å². The number of anilines is 2. The number of hydrogen-bond donors (Lipinski definition) is 2. The Labute approximate surface area is 210 Å². The molecule has 2 atom stereocenters. The molecule has 0 aliphatic heterocycles. The average molecular weight is 490 g/mol. The molecule has 4 N–H and O–H groups in total. The van der Waals surface area contributed by atoms with E-state index in [9.17, 15) is 4.79 Å². The van der Waals surface area contributed by atoms with Crippen molar-refractivity contribution in [3.05, 3.63) is 94.4 Å². The monoisotopic (exact) mass is 489 g/mol. The normalized spacial score (nSPS) is 16.3. The smallest absolute Gasteiger partial charge is 0.262 e. The Balaban J connectivity index is 1.62. The molecule has 182 valence electrons. The molecule has 0 spiro atoms. The molecule has 1 aliphatic rings. The number of hydrogen-bond acceptors (Lipinski definition) is 6. The second kappa shape index (κ2) is 9.84. The Morgan fingerprint density at radius 3 is 2.80 bits per heavy atom. The lowest BCUT2D eigenvalue weighted by atomic mass is 9.89. The number of carbonyl (C=O) groups is 1. The average Bonchev–Trinajstić information content (AvgIpc) is 3.43. The lowest BCUT2D eigenvalue weighted by Crippen LogP contribution is -2.17. The van der Waals surface area contributed by atoms with E-state index in [1.807, 2.05) is 67.1 Å². The van der Waals surface area contributed by atoms with Crippen LogP contribution in [-0.2, 0) is 7.05 Å². The van der Waals surface area contributed by atoms with Gasteiger partial charge in [0.15, 0.2) is 0 Å². The Morgan fingerprint density at radius 2 is 2.17 bits per heavy atom. The van der Waals surface area contributed by atoms with Gasteiger partial charge in [-0.25, -0.2) is 0 Å². The number of rotatable bonds is 8. The first-order chi connectivity index (χ1) is 16.7. The van der Waals surface area contributed by atoms with E-state index in [2.05, 4.69) is 30.8 Å². The van der Waals surface area contributed by atoms with Crippen molar-refractivity contribution in [3.63, 3.8) is 0 Å². The summed E-state index contributed by atoms with van der Waals surface area (Å²) in [7, 11) is 1.92. The zero-order valence-electron chi connectivity index (χ0n) is 20.5. The number of nitrogens with zero attached hydrogens (tertiary/aromatic N) is 3. The predicted octanol–water partition coefficient (Wildman–Crippen LogP) is 5.58. The summed E-state index contributed by atoms with van der Waals surface area (Å²) in [6.45, 7) is 10.0. The molecule has 2 unspecified atom stereocenters. The Bertz CT molecular complexity index is 1330. The van der Waals surface area contributed by atoms with Crippen LogP contribution in [0.25, 0.3) is 0 Å². The molecule has 2 aromatic heterocycles. The number of allylic oxidation sites excluding steroid dienone is 3. The van der Waals surface area contributed by atoms with E-state index >= 15 is 0 Å². The standard InChI is InChI=1S/C27H31N5O2S/c1-6-32(23-11-10-19(12-16(23)2)20-14-30-31(5)15-20)25-13-24(26(35-25)27(29)33)34-18(4)21-8-7-9-22(28)17(21)3/h6-11,13-15,18-19H,1,12,28H2,2-5H3,(H2,29,33). The van der Waals surface area contributed by atoms with Crippen molar-refractivity contribution in [3.8, 4) is 5.75 Å². The van der Waals surface area contributed by atoms with E-state index in [-0.39, 0.29) is 12.0 Å². The maximum atomic E-state index is 12.3. The summed E-state index contributed by atoms with van der Waals surface area (Å²) in [6.07, 6.45) is 10.5. The molecular weight excluding hydrogens is 458 g/mol. The third-order valence-corrected chi connectivity index (χ3v) is 7.48. The summed E-state index contributed by atoms with van der Waals surface area (Å²) in [6, 6.07) is 7.58. The molecule has 1 aliphatic carbocycles. The van der Waals surface area contributed by atoms with E-state index in [1.165, 1.54) is 22.5 Å². The Morgan fingerprint density at radius 1 is 1.40 bits per heavy atom. The molecule has 35 heavy (non-hydrogen) atoms. The number of aromatic nitrogens is 2. The third-order valence-electron chi connectivity index (χ3n) is 6.35. The van der Waals surface area contributed by atoms with Crippen molar-refractivity contribution < 1.29 is 9.53 Å². The van der Waals surface area contributed by atoms with E-state index in [4.69, 9.17) is 16.2 Å². The molecule has 7 nitrogen and oxygen atoms in total. The minimum Gasteiger partial charge on any atom is -0.484 e. The highest BCUT2D eigenvalue weighted by Crippen LogP contribution is 2.42. The molecule has 0 radical (unpaired) electrons. The topological polar surface area (TPSA) is 99.4 Å². The highest BCUT2D eigenvalue weighted by Gasteiger charge is 2.25. The molecular formula is C27H31N5O2S. The van der Waals surface area contributed by atoms with Gasteiger partial charge in [0.1, 0.15) is 21.7 Å². The summed E-state index contributed by atoms with van der Waals surface area (Å²) in [5.74, 6) is 0.188. The maximum Gasteiger partial charge on any atom is 0.262 e. The van der Waals surface area contributed by atoms with Gasteiger partial charge in [0.25, 0.3) is 5.91 Å². The molecule has 0 bridgehead atoms. The van der Waals surface area contributed by atoms with Crippen molar-refractivity contribution in [1.29, 1.82) is 0 Å². The fourth-order valence-electron chi connectivity index (χ4n) is 4.41. The van der Waals surface area contributed by atoms with Crippen LogP contribution in [0.15, 0.2) is 72.9 Å². The molecule has 1 aromatic carbocycles. The van der Waals surface area contributed by atoms with Crippen molar-refractivity contribution >= 4 is 27.9 Å². The zero-order chi connectivity index (χ0) is 25.3. The number of amides is 1. The molecule has 1 amide bonds. The molecule has 0 saturated heterocycles. The minimum atomic E-state index is -0.529. The predicted molar refractivity (Wildman–Crippen MR) is 143 cm³/mol. The molecule has 3 aromatic rings. The second-order valence-corrected chi connectivity index (χ2v) is 9.83. The summed E-state index contributed by atoms with van der Waals surface area (Å²) in [5.41, 5.74) is 17.8. The fourth-order valence-corrected chi connectivity index (χ4v) is 5.37. The number of thiophene rings is 1. The first kappa shape index (κ1) is 24.3. The van der Waals surface area contributed by atoms with E-state index in [0.29, 0.717) is 16.3 Å². The number of nitrogens with two attached hydrogens (primary N) is 2. The van der Waals surface area contributed by atoms with Crippen LogP contribution in [0.2, 0.25) is 0 Å². The highest BCUT2D eigenvalue weighted by atomic mass is 32.1. The lowest BCUT2D eigenvalue weighted by molar-refractivity contribution is 0.0998. The Kier molecular flexibility index (Phi) is 6.84. The molecule has 4 rings (SSSR count). The van der Waals surface area contributed by atoms with E-state index in [0.717, 1.165) is 28.2 Å². The second-order valence-electron chi connectivity index (χ2n) is 8.80. The van der Waals surface area contributed by atoms with Crippen LogP contribution >= 0.6 is 11.3 Å². The summed E-state index contributed by atoms with van der Waals surface area (Å²) in [5, 5.41) is 5.10. The van der Waals surface area contributed by atoms with Crippen molar-refractivity contribution in [2.24, 2.45) is 12.8 Å². The van der Waals surface area contributed by atoms with Gasteiger partial charge in [-0.1, -0.05) is 24.8 Å². The van der Waals surface area contributed by atoms with Crippen LogP contribution in [0, 0.1) is 6.92 Å². The van der Waals surface area contributed by atoms with Gasteiger partial charge in [0.05, 0.1) is 6.20 Å². The van der Waals surface area contributed by atoms with Gasteiger partial charge in [0.2, 0.25) is 0 Å². The van der Waals surface area contributed by atoms with E-state index in [1.54, 1.807) is 6.20 Å². The highest BCUT2D eigenvalue weighted by molar-refractivity contribution is 7.18. The van der Waals surface area contributed by atoms with Crippen LogP contribution in [0.1, 0.15) is 58.7 Å². The quantitative estimate of drug-likeness (QED) is 0.403. The van der Waals surface area contributed by atoms with Gasteiger partial charge in [-0.05, 0) is 61.6 Å². The number of aryl methyl sites for hydroxylation is 1. The van der Waals surface area contributed by atoms with Crippen LogP contribution in [0.4, 0.5) is 10.7 Å². The Hall–Kier alpha value is -3.78. The number of ether oxygens (including phenoxy) is 1. The van der Waals surface area contributed by atoms with Gasteiger partial charge in [-0.3, -0.25) is 9.48 Å². The molecule has 8 heteroatoms. The minimum absolute atomic E-state index is 0.268. The van der Waals surface area contributed by atoms with Crippen LogP contribution < -0.4 is 21.1 Å². The van der Waals surface area contributed by atoms with Gasteiger partial charge >= 0.3 is 0 Å². The number of nitrogen functional groups attached to an aromatic ring is 1. The SMILES string of the molecule is C=CN(C1=C(C)CC(c2cnn(C)c2)C=C1)c1cc(OC(C)c2cccc(N)c2C)c(C(N)=O)s1. The van der Waals surface area contributed by atoms with E-state index < -0.39 is 5.91 Å². The van der Waals surface area contributed by atoms with Crippen molar-refractivity contribution in [2.45, 2.75) is 39.2 Å². The van der Waals surface area contributed by atoms with Crippen LogP contribution in [-0.4, -0.2) is 15.7 Å². The zero-order valence-corrected chi connectivity index (χ0v) is 21.3. The number of benzene rings is 1. The van der Waals surface area contributed by atoms with Crippen LogP contribution in [0.3, 0.4) is 0 Å². The van der Waals surface area contributed by atoms with Gasteiger partial charge in [-0.15, -0.1) is 11.3 Å². The number of primary amides is 1. The number of carbonyl (C=O) groups excluding carboxylic acids is 1. The summed E-state index contributed by atoms with van der Waals surface area (Å²) >= 11 is 1.29. The lowest BCUT2D eigenvalue weighted by Gasteiger charge is -2.27. The molecule has 0 saturated carbocycles. The van der Waals surface area contributed by atoms with Crippen molar-refractivity contribution in [2.75, 3.05) is 10.6 Å². The largest absolute Gasteiger partial charge is 0.484 e. The fraction of sp³-hybridized carbons (Fsp3) is 0.259. The van der Waals surface area contributed by atoms with Crippen molar-refractivity contribution in [1.82, 2.24) is 9.78 Å². The first-order valence-electron chi connectivity index (χ1n) is 11.4. The van der Waals surface area contributed by atoms with Gasteiger partial charge in [0, 0.05) is 42.8 Å². The third kappa shape index (κ3) is 4.88. The van der Waals surface area contributed by atoms with Gasteiger partial charge < -0.3 is 21.1 Å². The first-order valence-corrected chi connectivity index (χ1v) is 12.2.